The molecule has 15 heavy (non-hydrogen) atoms. The van der Waals surface area contributed by atoms with Crippen molar-refractivity contribution in [3.63, 3.8) is 0 Å². The minimum atomic E-state index is -0.333. The van der Waals surface area contributed by atoms with Crippen LogP contribution in [0.25, 0.3) is 0 Å². The van der Waals surface area contributed by atoms with Crippen LogP contribution in [0.1, 0.15) is 39.0 Å². The Hall–Kier alpha value is -1.24. The summed E-state index contributed by atoms with van der Waals surface area (Å²) in [6.45, 7) is 2.45. The predicted molar refractivity (Wildman–Crippen MR) is 56.1 cm³/mol. The Morgan fingerprint density at radius 3 is 2.73 bits per heavy atom. The Morgan fingerprint density at radius 2 is 2.13 bits per heavy atom. The van der Waals surface area contributed by atoms with Crippen LogP contribution in [-0.4, -0.2) is 24.2 Å². The summed E-state index contributed by atoms with van der Waals surface area (Å²) in [6, 6.07) is 0. The van der Waals surface area contributed by atoms with E-state index in [-0.39, 0.29) is 11.5 Å². The zero-order valence-corrected chi connectivity index (χ0v) is 9.03. The molecule has 0 radical (unpaired) electrons. The molecule has 0 saturated heterocycles. The van der Waals surface area contributed by atoms with Gasteiger partial charge in [0.1, 0.15) is 0 Å². The second-order valence-electron chi connectivity index (χ2n) is 4.03. The Kier molecular flexibility index (Phi) is 4.41. The first-order chi connectivity index (χ1) is 7.29. The van der Waals surface area contributed by atoms with Crippen molar-refractivity contribution in [2.24, 2.45) is 15.9 Å². The van der Waals surface area contributed by atoms with Crippen LogP contribution in [0.15, 0.2) is 9.98 Å². The lowest BCUT2D eigenvalue weighted by Crippen LogP contribution is -2.40. The Balaban J connectivity index is 2.86. The number of hydrogen-bond donors (Lipinski definition) is 0. The second kappa shape index (κ2) is 5.59. The van der Waals surface area contributed by atoms with E-state index in [2.05, 4.69) is 9.98 Å². The number of carbonyl (C=O) groups excluding carboxylic acids is 2. The Labute approximate surface area is 89.5 Å². The highest BCUT2D eigenvalue weighted by atomic mass is 16.1. The van der Waals surface area contributed by atoms with E-state index in [9.17, 15) is 9.59 Å². The molecule has 4 nitrogen and oxygen atoms in total. The van der Waals surface area contributed by atoms with Crippen LogP contribution in [0, 0.1) is 5.92 Å². The van der Waals surface area contributed by atoms with Gasteiger partial charge in [0.2, 0.25) is 12.2 Å². The van der Waals surface area contributed by atoms with E-state index in [0.29, 0.717) is 6.54 Å². The van der Waals surface area contributed by atoms with E-state index >= 15 is 0 Å². The van der Waals surface area contributed by atoms with E-state index < -0.39 is 0 Å². The summed E-state index contributed by atoms with van der Waals surface area (Å²) in [6.07, 6.45) is 8.11. The molecule has 1 saturated carbocycles. The van der Waals surface area contributed by atoms with E-state index in [0.717, 1.165) is 32.1 Å². The Bertz CT molecular complexity index is 304. The topological polar surface area (TPSA) is 58.9 Å². The fourth-order valence-electron chi connectivity index (χ4n) is 2.49. The highest BCUT2D eigenvalue weighted by molar-refractivity contribution is 5.36. The third kappa shape index (κ3) is 2.62. The molecule has 2 atom stereocenters. The number of rotatable bonds is 4. The zero-order valence-electron chi connectivity index (χ0n) is 9.03. The molecule has 0 aliphatic heterocycles. The van der Waals surface area contributed by atoms with Gasteiger partial charge in [-0.15, -0.1) is 0 Å². The second-order valence-corrected chi connectivity index (χ2v) is 4.03. The standard InChI is InChI=1S/C11H16N2O2/c1-2-11(13-9-15)6-4-3-5-10(11)7-12-8-14/h10H,2-7H2,1H3. The number of nitrogens with zero attached hydrogens (tertiary/aromatic N) is 2. The van der Waals surface area contributed by atoms with Gasteiger partial charge in [-0.05, 0) is 19.3 Å². The molecule has 0 aromatic heterocycles. The van der Waals surface area contributed by atoms with Crippen molar-refractivity contribution in [2.45, 2.75) is 44.6 Å². The van der Waals surface area contributed by atoms with Crippen molar-refractivity contribution >= 4 is 12.2 Å². The zero-order chi connectivity index (χ0) is 11.1. The fourth-order valence-corrected chi connectivity index (χ4v) is 2.49. The summed E-state index contributed by atoms with van der Waals surface area (Å²) in [5, 5.41) is 0. The molecule has 0 N–H and O–H groups in total. The first-order valence-electron chi connectivity index (χ1n) is 5.41. The van der Waals surface area contributed by atoms with E-state index in [1.807, 2.05) is 6.92 Å². The molecule has 0 spiro atoms. The molecular formula is C11H16N2O2. The maximum Gasteiger partial charge on any atom is 0.235 e. The third-order valence-electron chi connectivity index (χ3n) is 3.43. The van der Waals surface area contributed by atoms with Gasteiger partial charge in [0.15, 0.2) is 0 Å². The summed E-state index contributed by atoms with van der Waals surface area (Å²) in [7, 11) is 0. The lowest BCUT2D eigenvalue weighted by atomic mass is 9.71. The molecule has 0 aromatic carbocycles. The summed E-state index contributed by atoms with van der Waals surface area (Å²) in [5.74, 6) is 0.194. The van der Waals surface area contributed by atoms with Crippen molar-refractivity contribution < 1.29 is 9.59 Å². The molecule has 0 heterocycles. The van der Waals surface area contributed by atoms with Gasteiger partial charge in [-0.1, -0.05) is 19.8 Å². The number of isocyanates is 2. The quantitative estimate of drug-likeness (QED) is 0.524. The van der Waals surface area contributed by atoms with Gasteiger partial charge < -0.3 is 0 Å². The summed E-state index contributed by atoms with van der Waals surface area (Å²) < 4.78 is 0. The van der Waals surface area contributed by atoms with Gasteiger partial charge in [0.05, 0.1) is 12.1 Å². The minimum Gasteiger partial charge on any atom is -0.211 e. The molecule has 2 unspecified atom stereocenters. The van der Waals surface area contributed by atoms with Crippen LogP contribution >= 0.6 is 0 Å². The van der Waals surface area contributed by atoms with Crippen molar-refractivity contribution in [3.8, 4) is 0 Å². The molecule has 1 fully saturated rings. The lowest BCUT2D eigenvalue weighted by Gasteiger charge is -2.38. The maximum atomic E-state index is 10.5. The molecule has 4 heteroatoms. The van der Waals surface area contributed by atoms with Gasteiger partial charge in [0.25, 0.3) is 0 Å². The van der Waals surface area contributed by atoms with Gasteiger partial charge in [-0.2, -0.15) is 4.99 Å². The molecule has 0 aromatic rings. The summed E-state index contributed by atoms with van der Waals surface area (Å²) in [4.78, 5) is 28.2. The predicted octanol–water partition coefficient (Wildman–Crippen LogP) is 2.00. The maximum absolute atomic E-state index is 10.5. The molecular weight excluding hydrogens is 192 g/mol. The molecule has 0 bridgehead atoms. The van der Waals surface area contributed by atoms with E-state index in [1.165, 1.54) is 0 Å². The van der Waals surface area contributed by atoms with E-state index in [4.69, 9.17) is 0 Å². The van der Waals surface area contributed by atoms with Crippen LogP contribution in [0.2, 0.25) is 0 Å². The summed E-state index contributed by atoms with van der Waals surface area (Å²) >= 11 is 0. The SMILES string of the molecule is CCC1(N=C=O)CCCCC1CN=C=O. The van der Waals surface area contributed by atoms with Crippen LogP contribution in [0.4, 0.5) is 0 Å². The average molecular weight is 208 g/mol. The first-order valence-corrected chi connectivity index (χ1v) is 5.41. The fraction of sp³-hybridized carbons (Fsp3) is 0.818. The largest absolute Gasteiger partial charge is 0.235 e. The van der Waals surface area contributed by atoms with Crippen LogP contribution in [0.3, 0.4) is 0 Å². The molecule has 1 aliphatic carbocycles. The number of hydrogen-bond acceptors (Lipinski definition) is 4. The van der Waals surface area contributed by atoms with Crippen molar-refractivity contribution in [2.75, 3.05) is 6.54 Å². The Morgan fingerprint density at radius 1 is 1.33 bits per heavy atom. The smallest absolute Gasteiger partial charge is 0.211 e. The van der Waals surface area contributed by atoms with Crippen molar-refractivity contribution in [1.82, 2.24) is 0 Å². The van der Waals surface area contributed by atoms with E-state index in [1.54, 1.807) is 12.2 Å². The lowest BCUT2D eigenvalue weighted by molar-refractivity contribution is 0.191. The molecule has 0 amide bonds. The highest BCUT2D eigenvalue weighted by Crippen LogP contribution is 2.39. The molecule has 1 rings (SSSR count). The van der Waals surface area contributed by atoms with Crippen LogP contribution in [0.5, 0.6) is 0 Å². The summed E-state index contributed by atoms with van der Waals surface area (Å²) in [5.41, 5.74) is -0.333. The van der Waals surface area contributed by atoms with Crippen LogP contribution in [-0.2, 0) is 9.59 Å². The van der Waals surface area contributed by atoms with Crippen LogP contribution < -0.4 is 0 Å². The monoisotopic (exact) mass is 208 g/mol. The number of aliphatic imine (C=N–C) groups is 2. The average Bonchev–Trinajstić information content (AvgIpc) is 2.28. The van der Waals surface area contributed by atoms with Gasteiger partial charge in [-0.25, -0.2) is 14.6 Å². The molecule has 1 aliphatic rings. The minimum absolute atomic E-state index is 0.194. The van der Waals surface area contributed by atoms with Crippen molar-refractivity contribution in [3.05, 3.63) is 0 Å². The molecule has 82 valence electrons. The first kappa shape index (κ1) is 11.8. The highest BCUT2D eigenvalue weighted by Gasteiger charge is 2.39. The normalized spacial score (nSPS) is 30.1. The van der Waals surface area contributed by atoms with Crippen molar-refractivity contribution in [1.29, 1.82) is 0 Å². The van der Waals surface area contributed by atoms with Gasteiger partial charge in [-0.3, -0.25) is 0 Å². The van der Waals surface area contributed by atoms with Gasteiger partial charge >= 0.3 is 0 Å². The van der Waals surface area contributed by atoms with Gasteiger partial charge in [0, 0.05) is 5.92 Å². The third-order valence-corrected chi connectivity index (χ3v) is 3.43.